The smallest absolute Gasteiger partial charge is 0.308 e. The number of carbonyl (C=O) groups is 2. The molecule has 1 amide bonds. The summed E-state index contributed by atoms with van der Waals surface area (Å²) in [5.74, 6) is 0.188. The number of likely N-dealkylation sites (tertiary alicyclic amines) is 1. The van der Waals surface area contributed by atoms with Crippen LogP contribution in [0, 0.1) is 5.92 Å². The number of pyridine rings is 1. The number of hydrogen-bond donors (Lipinski definition) is 0. The van der Waals surface area contributed by atoms with E-state index in [1.807, 2.05) is 0 Å². The van der Waals surface area contributed by atoms with Gasteiger partial charge in [-0.25, -0.2) is 4.98 Å². The Morgan fingerprint density at radius 1 is 1.25 bits per heavy atom. The molecule has 0 atom stereocenters. The molecular weight excluding hydrogens is 378 g/mol. The van der Waals surface area contributed by atoms with Crippen molar-refractivity contribution in [2.24, 2.45) is 5.92 Å². The third kappa shape index (κ3) is 3.30. The van der Waals surface area contributed by atoms with Gasteiger partial charge in [-0.1, -0.05) is 0 Å². The highest BCUT2D eigenvalue weighted by Gasteiger charge is 2.28. The fourth-order valence-corrected chi connectivity index (χ4v) is 3.27. The summed E-state index contributed by atoms with van der Waals surface area (Å²) in [5.41, 5.74) is 0.496. The summed E-state index contributed by atoms with van der Waals surface area (Å²) in [4.78, 5) is 30.2. The lowest BCUT2D eigenvalue weighted by Gasteiger charge is -2.30. The average molecular weight is 394 g/mol. The van der Waals surface area contributed by atoms with Gasteiger partial charge in [0, 0.05) is 19.3 Å². The molecule has 126 valence electrons. The fraction of sp³-hybridized carbons (Fsp3) is 0.400. The summed E-state index contributed by atoms with van der Waals surface area (Å²) in [7, 11) is 1.39. The molecule has 24 heavy (non-hydrogen) atoms. The van der Waals surface area contributed by atoms with Gasteiger partial charge >= 0.3 is 5.97 Å². The minimum absolute atomic E-state index is 0.0955. The van der Waals surface area contributed by atoms with Crippen molar-refractivity contribution in [2.45, 2.75) is 12.8 Å². The molecule has 1 aliphatic heterocycles. The Hall–Kier alpha value is -2.29. The Bertz CT molecular complexity index is 742. The van der Waals surface area contributed by atoms with Crippen molar-refractivity contribution in [3.8, 4) is 5.82 Å². The molecule has 1 aliphatic rings. The molecule has 3 rings (SSSR count). The topological polar surface area (TPSA) is 90.2 Å². The SMILES string of the molecule is COC(=O)C1CCN(C(=O)c2cnc(-n3cnnc3)c(Br)c2)CC1. The molecule has 0 aliphatic carbocycles. The second-order valence-electron chi connectivity index (χ2n) is 5.49. The van der Waals surface area contributed by atoms with E-state index in [1.165, 1.54) is 26.0 Å². The van der Waals surface area contributed by atoms with Crippen LogP contribution >= 0.6 is 15.9 Å². The number of amides is 1. The highest BCUT2D eigenvalue weighted by atomic mass is 79.9. The number of rotatable bonds is 3. The molecule has 8 nitrogen and oxygen atoms in total. The van der Waals surface area contributed by atoms with Gasteiger partial charge in [-0.05, 0) is 34.8 Å². The summed E-state index contributed by atoms with van der Waals surface area (Å²) >= 11 is 3.43. The monoisotopic (exact) mass is 393 g/mol. The van der Waals surface area contributed by atoms with Crippen molar-refractivity contribution in [3.05, 3.63) is 35.0 Å². The molecule has 3 heterocycles. The van der Waals surface area contributed by atoms with Crippen molar-refractivity contribution in [1.82, 2.24) is 24.6 Å². The Morgan fingerprint density at radius 3 is 2.50 bits per heavy atom. The maximum absolute atomic E-state index is 12.6. The average Bonchev–Trinajstić information content (AvgIpc) is 3.14. The molecule has 0 spiro atoms. The second kappa shape index (κ2) is 7.08. The number of piperidine rings is 1. The Kier molecular flexibility index (Phi) is 4.89. The molecule has 2 aromatic heterocycles. The van der Waals surface area contributed by atoms with Crippen LogP contribution in [-0.4, -0.2) is 56.7 Å². The molecule has 0 radical (unpaired) electrons. The Morgan fingerprint density at radius 2 is 1.92 bits per heavy atom. The van der Waals surface area contributed by atoms with Crippen LogP contribution in [0.15, 0.2) is 29.4 Å². The number of methoxy groups -OCH3 is 1. The van der Waals surface area contributed by atoms with Crippen molar-refractivity contribution in [3.63, 3.8) is 0 Å². The number of nitrogens with zero attached hydrogens (tertiary/aromatic N) is 5. The van der Waals surface area contributed by atoms with Crippen LogP contribution in [-0.2, 0) is 9.53 Å². The quantitative estimate of drug-likeness (QED) is 0.732. The van der Waals surface area contributed by atoms with Crippen molar-refractivity contribution in [1.29, 1.82) is 0 Å². The zero-order chi connectivity index (χ0) is 17.1. The summed E-state index contributed by atoms with van der Waals surface area (Å²) in [6.45, 7) is 1.06. The predicted molar refractivity (Wildman–Crippen MR) is 87.5 cm³/mol. The van der Waals surface area contributed by atoms with E-state index in [4.69, 9.17) is 4.74 Å². The molecule has 1 saturated heterocycles. The predicted octanol–water partition coefficient (Wildman–Crippen LogP) is 1.45. The van der Waals surface area contributed by atoms with Gasteiger partial charge in [0.2, 0.25) is 0 Å². The summed E-state index contributed by atoms with van der Waals surface area (Å²) < 4.78 is 7.09. The molecule has 0 bridgehead atoms. The number of carbonyl (C=O) groups excluding carboxylic acids is 2. The molecule has 0 saturated carbocycles. The van der Waals surface area contributed by atoms with Crippen LogP contribution in [0.3, 0.4) is 0 Å². The first-order valence-corrected chi connectivity index (χ1v) is 8.27. The standard InChI is InChI=1S/C15H16BrN5O3/c1-24-15(23)10-2-4-20(5-3-10)14(22)11-6-12(16)13(17-7-11)21-8-18-19-9-21/h6-10H,2-5H2,1H3. The van der Waals surface area contributed by atoms with Crippen LogP contribution in [0.5, 0.6) is 0 Å². The fourth-order valence-electron chi connectivity index (χ4n) is 2.72. The lowest BCUT2D eigenvalue weighted by Crippen LogP contribution is -2.40. The number of aromatic nitrogens is 4. The van der Waals surface area contributed by atoms with E-state index in [9.17, 15) is 9.59 Å². The minimum atomic E-state index is -0.204. The maximum Gasteiger partial charge on any atom is 0.308 e. The zero-order valence-electron chi connectivity index (χ0n) is 13.1. The third-order valence-corrected chi connectivity index (χ3v) is 4.63. The van der Waals surface area contributed by atoms with E-state index < -0.39 is 0 Å². The van der Waals surface area contributed by atoms with Crippen LogP contribution in [0.4, 0.5) is 0 Å². The Balaban J connectivity index is 1.70. The largest absolute Gasteiger partial charge is 0.469 e. The van der Waals surface area contributed by atoms with E-state index in [2.05, 4.69) is 31.1 Å². The molecule has 1 fully saturated rings. The van der Waals surface area contributed by atoms with E-state index in [0.29, 0.717) is 41.8 Å². The first kappa shape index (κ1) is 16.6. The van der Waals surface area contributed by atoms with Crippen molar-refractivity contribution in [2.75, 3.05) is 20.2 Å². The van der Waals surface area contributed by atoms with Gasteiger partial charge < -0.3 is 9.64 Å². The van der Waals surface area contributed by atoms with Gasteiger partial charge in [-0.15, -0.1) is 10.2 Å². The molecular formula is C15H16BrN5O3. The maximum atomic E-state index is 12.6. The molecule has 0 unspecified atom stereocenters. The van der Waals surface area contributed by atoms with Crippen molar-refractivity contribution >= 4 is 27.8 Å². The van der Waals surface area contributed by atoms with Gasteiger partial charge in [0.1, 0.15) is 12.7 Å². The minimum Gasteiger partial charge on any atom is -0.469 e. The van der Waals surface area contributed by atoms with Gasteiger partial charge in [0.15, 0.2) is 5.82 Å². The lowest BCUT2D eigenvalue weighted by molar-refractivity contribution is -0.146. The Labute approximate surface area is 147 Å². The van der Waals surface area contributed by atoms with Crippen LogP contribution in [0.2, 0.25) is 0 Å². The highest BCUT2D eigenvalue weighted by Crippen LogP contribution is 2.23. The summed E-state index contributed by atoms with van der Waals surface area (Å²) in [6.07, 6.45) is 5.84. The summed E-state index contributed by atoms with van der Waals surface area (Å²) in [5, 5.41) is 7.48. The number of halogens is 1. The van der Waals surface area contributed by atoms with Gasteiger partial charge in [0.05, 0.1) is 23.1 Å². The molecule has 0 aromatic carbocycles. The van der Waals surface area contributed by atoms with E-state index in [-0.39, 0.29) is 17.8 Å². The van der Waals surface area contributed by atoms with Crippen LogP contribution < -0.4 is 0 Å². The number of esters is 1. The van der Waals surface area contributed by atoms with Crippen molar-refractivity contribution < 1.29 is 14.3 Å². The van der Waals surface area contributed by atoms with E-state index >= 15 is 0 Å². The highest BCUT2D eigenvalue weighted by molar-refractivity contribution is 9.10. The van der Waals surface area contributed by atoms with Crippen LogP contribution in [0.25, 0.3) is 5.82 Å². The van der Waals surface area contributed by atoms with Gasteiger partial charge in [-0.3, -0.25) is 14.2 Å². The lowest BCUT2D eigenvalue weighted by atomic mass is 9.96. The number of ether oxygens (including phenoxy) is 1. The molecule has 9 heteroatoms. The van der Waals surface area contributed by atoms with E-state index in [1.54, 1.807) is 15.5 Å². The molecule has 2 aromatic rings. The third-order valence-electron chi connectivity index (χ3n) is 4.05. The first-order valence-electron chi connectivity index (χ1n) is 7.48. The normalized spacial score (nSPS) is 15.3. The van der Waals surface area contributed by atoms with Crippen LogP contribution in [0.1, 0.15) is 23.2 Å². The van der Waals surface area contributed by atoms with E-state index in [0.717, 1.165) is 0 Å². The van der Waals surface area contributed by atoms with Gasteiger partial charge in [-0.2, -0.15) is 0 Å². The first-order chi connectivity index (χ1) is 11.6. The molecule has 0 N–H and O–H groups in total. The van der Waals surface area contributed by atoms with Gasteiger partial charge in [0.25, 0.3) is 5.91 Å². The zero-order valence-corrected chi connectivity index (χ0v) is 14.6. The number of hydrogen-bond acceptors (Lipinski definition) is 6. The second-order valence-corrected chi connectivity index (χ2v) is 6.34. The summed E-state index contributed by atoms with van der Waals surface area (Å²) in [6, 6.07) is 1.73.